The lowest BCUT2D eigenvalue weighted by atomic mass is 10.1. The number of carboxylic acid groups (broad SMARTS) is 1. The van der Waals surface area contributed by atoms with Gasteiger partial charge in [0.15, 0.2) is 29.3 Å². The molecule has 4 rings (SSSR count). The topological polar surface area (TPSA) is 201 Å². The second-order valence-electron chi connectivity index (χ2n) is 8.15. The number of imidazole rings is 2. The number of aldehydes is 1. The highest BCUT2D eigenvalue weighted by Crippen LogP contribution is 2.32. The van der Waals surface area contributed by atoms with Crippen LogP contribution in [0.5, 0.6) is 0 Å². The lowest BCUT2D eigenvalue weighted by Gasteiger charge is -2.16. The zero-order valence-corrected chi connectivity index (χ0v) is 20.0. The summed E-state index contributed by atoms with van der Waals surface area (Å²) in [5.74, 6) is -1.67. The molecule has 14 nitrogen and oxygen atoms in total. The number of aryl methyl sites for hydroxylation is 1. The number of rotatable bonds is 9. The van der Waals surface area contributed by atoms with Gasteiger partial charge in [-0.2, -0.15) is 0 Å². The molecule has 5 atom stereocenters. The third kappa shape index (κ3) is 4.58. The van der Waals surface area contributed by atoms with Gasteiger partial charge in [-0.3, -0.25) is 18.6 Å². The van der Waals surface area contributed by atoms with Gasteiger partial charge in [0.2, 0.25) is 5.91 Å². The second kappa shape index (κ2) is 10.3. The molecule has 0 bridgehead atoms. The van der Waals surface area contributed by atoms with Gasteiger partial charge in [-0.05, 0) is 12.3 Å². The van der Waals surface area contributed by atoms with Gasteiger partial charge in [0.25, 0.3) is 0 Å². The zero-order chi connectivity index (χ0) is 26.1. The SMILES string of the molecule is CC(=O)N[C@@H](CS/C=C(\C=O)c1c(C)nc2c3ncn([C@@H]4O[C@H](CO)[C@@H](O)[C@H]4O)c3ncn12)C(=O)O. The smallest absolute Gasteiger partial charge is 0.327 e. The van der Waals surface area contributed by atoms with E-state index in [-0.39, 0.29) is 11.3 Å². The van der Waals surface area contributed by atoms with Crippen molar-refractivity contribution in [1.82, 2.24) is 29.2 Å². The van der Waals surface area contributed by atoms with E-state index in [9.17, 15) is 34.8 Å². The fraction of sp³-hybridized carbons (Fsp3) is 0.429. The van der Waals surface area contributed by atoms with Crippen LogP contribution in [0.15, 0.2) is 18.1 Å². The van der Waals surface area contributed by atoms with Crippen molar-refractivity contribution in [2.24, 2.45) is 0 Å². The van der Waals surface area contributed by atoms with Crippen LogP contribution in [0.3, 0.4) is 0 Å². The summed E-state index contributed by atoms with van der Waals surface area (Å²) in [6.07, 6.45) is -1.18. The van der Waals surface area contributed by atoms with E-state index < -0.39 is 49.1 Å². The molecule has 1 fully saturated rings. The number of thioether (sulfide) groups is 1. The number of fused-ring (bicyclic) bond motifs is 3. The molecule has 0 spiro atoms. The molecule has 3 aromatic rings. The van der Waals surface area contributed by atoms with Crippen molar-refractivity contribution < 1.29 is 39.5 Å². The third-order valence-electron chi connectivity index (χ3n) is 5.70. The Morgan fingerprint density at radius 3 is 2.61 bits per heavy atom. The van der Waals surface area contributed by atoms with Crippen LogP contribution in [-0.4, -0.2) is 99.2 Å². The fourth-order valence-electron chi connectivity index (χ4n) is 4.02. The maximum absolute atomic E-state index is 11.9. The predicted molar refractivity (Wildman–Crippen MR) is 126 cm³/mol. The summed E-state index contributed by atoms with van der Waals surface area (Å²) < 4.78 is 8.57. The van der Waals surface area contributed by atoms with E-state index in [4.69, 9.17) is 4.74 Å². The van der Waals surface area contributed by atoms with Gasteiger partial charge in [-0.1, -0.05) is 0 Å². The summed E-state index contributed by atoms with van der Waals surface area (Å²) in [5, 5.41) is 42.9. The molecular formula is C21H24N6O8S. The highest BCUT2D eigenvalue weighted by atomic mass is 32.2. The Labute approximate surface area is 207 Å². The molecule has 0 aliphatic carbocycles. The number of carboxylic acids is 1. The maximum Gasteiger partial charge on any atom is 0.327 e. The molecular weight excluding hydrogens is 496 g/mol. The van der Waals surface area contributed by atoms with Crippen molar-refractivity contribution in [2.75, 3.05) is 12.4 Å². The largest absolute Gasteiger partial charge is 0.480 e. The van der Waals surface area contributed by atoms with E-state index in [1.54, 1.807) is 11.3 Å². The average Bonchev–Trinajstić information content (AvgIpc) is 3.49. The Hall–Kier alpha value is -3.37. The number of aliphatic carboxylic acids is 1. The van der Waals surface area contributed by atoms with Gasteiger partial charge in [0, 0.05) is 18.2 Å². The number of hydrogen-bond acceptors (Lipinski definition) is 11. The Kier molecular flexibility index (Phi) is 7.37. The molecule has 0 radical (unpaired) electrons. The Morgan fingerprint density at radius 2 is 2.00 bits per heavy atom. The molecule has 5 N–H and O–H groups in total. The molecule has 192 valence electrons. The van der Waals surface area contributed by atoms with Gasteiger partial charge in [-0.25, -0.2) is 19.7 Å². The van der Waals surface area contributed by atoms with Gasteiger partial charge in [0.05, 0.1) is 24.3 Å². The van der Waals surface area contributed by atoms with Crippen molar-refractivity contribution in [3.63, 3.8) is 0 Å². The predicted octanol–water partition coefficient (Wildman–Crippen LogP) is -1.14. The third-order valence-corrected chi connectivity index (χ3v) is 6.65. The molecule has 0 saturated carbocycles. The highest BCUT2D eigenvalue weighted by Gasteiger charge is 2.44. The molecule has 0 aromatic carbocycles. The minimum absolute atomic E-state index is 0.000656. The number of amides is 1. The first kappa shape index (κ1) is 25.7. The first-order valence-electron chi connectivity index (χ1n) is 10.8. The fourth-order valence-corrected chi connectivity index (χ4v) is 4.88. The van der Waals surface area contributed by atoms with Crippen LogP contribution in [0, 0.1) is 6.92 Å². The molecule has 1 aliphatic heterocycles. The van der Waals surface area contributed by atoms with E-state index in [1.807, 2.05) is 0 Å². The van der Waals surface area contributed by atoms with Gasteiger partial charge < -0.3 is 30.5 Å². The summed E-state index contributed by atoms with van der Waals surface area (Å²) in [5.41, 5.74) is 2.16. The number of aliphatic hydroxyl groups is 3. The van der Waals surface area contributed by atoms with Gasteiger partial charge in [-0.15, -0.1) is 11.8 Å². The van der Waals surface area contributed by atoms with E-state index in [2.05, 4.69) is 20.3 Å². The summed E-state index contributed by atoms with van der Waals surface area (Å²) in [6.45, 7) is 2.44. The summed E-state index contributed by atoms with van der Waals surface area (Å²) >= 11 is 1.05. The molecule has 4 heterocycles. The number of carbonyl (C=O) groups excluding carboxylic acids is 2. The summed E-state index contributed by atoms with van der Waals surface area (Å²) in [4.78, 5) is 47.7. The van der Waals surface area contributed by atoms with Crippen LogP contribution in [-0.2, 0) is 19.1 Å². The van der Waals surface area contributed by atoms with Crippen molar-refractivity contribution >= 4 is 52.3 Å². The summed E-state index contributed by atoms with van der Waals surface area (Å²) in [7, 11) is 0. The van der Waals surface area contributed by atoms with E-state index in [0.717, 1.165) is 11.8 Å². The van der Waals surface area contributed by atoms with Gasteiger partial charge >= 0.3 is 5.97 Å². The molecule has 1 saturated heterocycles. The zero-order valence-electron chi connectivity index (χ0n) is 19.2. The monoisotopic (exact) mass is 520 g/mol. The molecule has 3 aromatic heterocycles. The minimum atomic E-state index is -1.32. The molecule has 1 aliphatic rings. The molecule has 1 amide bonds. The minimum Gasteiger partial charge on any atom is -0.480 e. The van der Waals surface area contributed by atoms with Crippen LogP contribution in [0.1, 0.15) is 24.5 Å². The first-order valence-corrected chi connectivity index (χ1v) is 11.8. The van der Waals surface area contributed by atoms with Crippen LogP contribution in [0.4, 0.5) is 0 Å². The van der Waals surface area contributed by atoms with Crippen LogP contribution in [0.25, 0.3) is 22.4 Å². The van der Waals surface area contributed by atoms with Crippen LogP contribution in [0.2, 0.25) is 0 Å². The number of nitrogens with one attached hydrogen (secondary N) is 1. The number of ether oxygens (including phenoxy) is 1. The lowest BCUT2D eigenvalue weighted by molar-refractivity contribution is -0.140. The Morgan fingerprint density at radius 1 is 1.25 bits per heavy atom. The van der Waals surface area contributed by atoms with Gasteiger partial charge in [0.1, 0.15) is 30.7 Å². The van der Waals surface area contributed by atoms with Crippen molar-refractivity contribution in [2.45, 2.75) is 44.4 Å². The Balaban J connectivity index is 1.67. The number of allylic oxidation sites excluding steroid dienone is 1. The van der Waals surface area contributed by atoms with Crippen molar-refractivity contribution in [3.05, 3.63) is 29.5 Å². The number of carbonyl (C=O) groups is 3. The first-order chi connectivity index (χ1) is 17.2. The number of nitrogens with zero attached hydrogens (tertiary/aromatic N) is 5. The van der Waals surface area contributed by atoms with E-state index in [1.165, 1.54) is 29.6 Å². The van der Waals surface area contributed by atoms with Crippen molar-refractivity contribution in [1.29, 1.82) is 0 Å². The quantitative estimate of drug-likeness (QED) is 0.168. The normalized spacial score (nSPS) is 23.3. The highest BCUT2D eigenvalue weighted by molar-refractivity contribution is 8.02. The number of hydrogen-bond donors (Lipinski definition) is 5. The number of aliphatic hydroxyl groups excluding tert-OH is 3. The standard InChI is InChI=1S/C21H24N6O8S/c1-9-15(11(3-28)5-36-6-12(21(33)34)25-10(2)30)26-8-23-18-14(19(26)24-9)22-7-27(18)20-17(32)16(31)13(4-29)35-20/h3,5,7-8,12-13,16-17,20,29,31-32H,4,6H2,1-2H3,(H,25,30)(H,33,34)/b11-5+/t12-,13+,16+,17+,20+/m0/s1. The molecule has 15 heteroatoms. The average molecular weight is 521 g/mol. The molecule has 0 unspecified atom stereocenters. The van der Waals surface area contributed by atoms with E-state index in [0.29, 0.717) is 34.5 Å². The maximum atomic E-state index is 11.9. The second-order valence-corrected chi connectivity index (χ2v) is 9.06. The number of aromatic nitrogens is 5. The van der Waals surface area contributed by atoms with Crippen LogP contribution >= 0.6 is 11.8 Å². The lowest BCUT2D eigenvalue weighted by Crippen LogP contribution is -2.41. The summed E-state index contributed by atoms with van der Waals surface area (Å²) in [6, 6.07) is -1.12. The Bertz CT molecular complexity index is 1350. The van der Waals surface area contributed by atoms with E-state index >= 15 is 0 Å². The van der Waals surface area contributed by atoms with Crippen molar-refractivity contribution in [3.8, 4) is 0 Å². The molecule has 36 heavy (non-hydrogen) atoms. The van der Waals surface area contributed by atoms with Crippen LogP contribution < -0.4 is 5.32 Å².